The van der Waals surface area contributed by atoms with Crippen molar-refractivity contribution >= 4 is 0 Å². The zero-order valence-corrected chi connectivity index (χ0v) is 13.2. The second-order valence-corrected chi connectivity index (χ2v) is 6.73. The lowest BCUT2D eigenvalue weighted by Gasteiger charge is -2.34. The minimum absolute atomic E-state index is 0.388. The molecule has 1 aliphatic heterocycles. The van der Waals surface area contributed by atoms with E-state index >= 15 is 0 Å². The van der Waals surface area contributed by atoms with Crippen LogP contribution < -0.4 is 0 Å². The van der Waals surface area contributed by atoms with Crippen molar-refractivity contribution in [3.63, 3.8) is 0 Å². The molecule has 1 N–H and O–H groups in total. The maximum Gasteiger partial charge on any atom is 0.115 e. The van der Waals surface area contributed by atoms with Crippen molar-refractivity contribution < 1.29 is 5.11 Å². The molecule has 1 unspecified atom stereocenters. The van der Waals surface area contributed by atoms with E-state index in [1.165, 1.54) is 36.0 Å². The zero-order valence-electron chi connectivity index (χ0n) is 13.2. The fourth-order valence-electron chi connectivity index (χ4n) is 3.95. The first-order valence-electron chi connectivity index (χ1n) is 8.37. The van der Waals surface area contributed by atoms with Crippen molar-refractivity contribution in [2.45, 2.75) is 45.2 Å². The average Bonchev–Trinajstić information content (AvgIpc) is 3.01. The van der Waals surface area contributed by atoms with Gasteiger partial charge in [-0.05, 0) is 72.6 Å². The second kappa shape index (κ2) is 5.44. The molecule has 2 aliphatic rings. The molecule has 1 atom stereocenters. The van der Waals surface area contributed by atoms with Crippen LogP contribution in [0.15, 0.2) is 36.4 Å². The number of rotatable bonds is 2. The van der Waals surface area contributed by atoms with Crippen LogP contribution in [0.5, 0.6) is 5.75 Å². The monoisotopic (exact) mass is 293 g/mol. The highest BCUT2D eigenvalue weighted by Gasteiger charge is 2.23. The predicted molar refractivity (Wildman–Crippen MR) is 89.1 cm³/mol. The summed E-state index contributed by atoms with van der Waals surface area (Å²) in [6.07, 6.45) is 4.84. The van der Waals surface area contributed by atoms with Gasteiger partial charge >= 0.3 is 0 Å². The third-order valence-corrected chi connectivity index (χ3v) is 5.38. The van der Waals surface area contributed by atoms with Crippen LogP contribution in [0, 0.1) is 0 Å². The molecule has 22 heavy (non-hydrogen) atoms. The Balaban J connectivity index is 1.56. The molecule has 4 rings (SSSR count). The minimum Gasteiger partial charge on any atom is -0.508 e. The van der Waals surface area contributed by atoms with Gasteiger partial charge in [0, 0.05) is 19.1 Å². The maximum atomic E-state index is 9.62. The number of aromatic hydroxyl groups is 1. The molecule has 0 bridgehead atoms. The third kappa shape index (κ3) is 2.42. The van der Waals surface area contributed by atoms with Gasteiger partial charge in [-0.2, -0.15) is 0 Å². The fraction of sp³-hybridized carbons (Fsp3) is 0.400. The van der Waals surface area contributed by atoms with Gasteiger partial charge in [-0.25, -0.2) is 0 Å². The summed E-state index contributed by atoms with van der Waals surface area (Å²) in [7, 11) is 0. The quantitative estimate of drug-likeness (QED) is 0.904. The Morgan fingerprint density at radius 3 is 2.59 bits per heavy atom. The lowest BCUT2D eigenvalue weighted by atomic mass is 9.95. The molecule has 1 heterocycles. The molecule has 2 aromatic rings. The normalized spacial score (nSPS) is 18.8. The first kappa shape index (κ1) is 13.8. The van der Waals surface area contributed by atoms with Crippen LogP contribution in [-0.4, -0.2) is 16.6 Å². The van der Waals surface area contributed by atoms with Gasteiger partial charge in [0.25, 0.3) is 0 Å². The van der Waals surface area contributed by atoms with Crippen LogP contribution in [0.4, 0.5) is 0 Å². The number of fused-ring (bicyclic) bond motifs is 2. The van der Waals surface area contributed by atoms with Crippen LogP contribution in [0.3, 0.4) is 0 Å². The Morgan fingerprint density at radius 1 is 0.909 bits per heavy atom. The highest BCUT2D eigenvalue weighted by molar-refractivity contribution is 5.38. The number of phenolic OH excluding ortho intramolecular Hbond substituents is 1. The van der Waals surface area contributed by atoms with Crippen molar-refractivity contribution in [2.75, 3.05) is 6.54 Å². The van der Waals surface area contributed by atoms with Crippen molar-refractivity contribution in [3.05, 3.63) is 64.2 Å². The number of aryl methyl sites for hydroxylation is 2. The van der Waals surface area contributed by atoms with Gasteiger partial charge in [-0.15, -0.1) is 0 Å². The SMILES string of the molecule is CC(c1ccc2c(c1)CCC2)N1CCc2cc(O)ccc2C1. The number of benzene rings is 2. The van der Waals surface area contributed by atoms with Gasteiger partial charge in [0.1, 0.15) is 5.75 Å². The molecule has 0 saturated carbocycles. The standard InChI is InChI=1S/C20H23NO/c1-14(16-6-5-15-3-2-4-17(15)11-16)21-10-9-18-12-20(22)8-7-19(18)13-21/h5-8,11-12,14,22H,2-4,9-10,13H2,1H3. The molecule has 0 fully saturated rings. The Labute approximate surface area is 132 Å². The fourth-order valence-corrected chi connectivity index (χ4v) is 3.95. The van der Waals surface area contributed by atoms with Crippen molar-refractivity contribution in [3.8, 4) is 5.75 Å². The van der Waals surface area contributed by atoms with Gasteiger partial charge in [-0.1, -0.05) is 24.3 Å². The Kier molecular flexibility index (Phi) is 3.42. The summed E-state index contributed by atoms with van der Waals surface area (Å²) in [5, 5.41) is 9.62. The van der Waals surface area contributed by atoms with Crippen molar-refractivity contribution in [1.82, 2.24) is 4.90 Å². The van der Waals surface area contributed by atoms with Gasteiger partial charge in [0.05, 0.1) is 0 Å². The minimum atomic E-state index is 0.388. The van der Waals surface area contributed by atoms with E-state index in [0.717, 1.165) is 19.5 Å². The van der Waals surface area contributed by atoms with Crippen LogP contribution in [0.25, 0.3) is 0 Å². The first-order valence-corrected chi connectivity index (χ1v) is 8.37. The van der Waals surface area contributed by atoms with E-state index in [9.17, 15) is 5.11 Å². The zero-order chi connectivity index (χ0) is 15.1. The number of hydrogen-bond acceptors (Lipinski definition) is 2. The molecule has 0 aromatic heterocycles. The molecule has 0 saturated heterocycles. The van der Waals surface area contributed by atoms with E-state index < -0.39 is 0 Å². The highest BCUT2D eigenvalue weighted by Crippen LogP contribution is 2.31. The first-order chi connectivity index (χ1) is 10.7. The van der Waals surface area contributed by atoms with E-state index in [0.29, 0.717) is 11.8 Å². The van der Waals surface area contributed by atoms with E-state index in [1.54, 1.807) is 11.1 Å². The molecule has 2 heteroatoms. The molecule has 2 nitrogen and oxygen atoms in total. The molecule has 0 radical (unpaired) electrons. The Bertz CT molecular complexity index is 707. The summed E-state index contributed by atoms with van der Waals surface area (Å²) in [4.78, 5) is 2.55. The largest absolute Gasteiger partial charge is 0.508 e. The molecule has 114 valence electrons. The summed E-state index contributed by atoms with van der Waals surface area (Å²) < 4.78 is 0. The molecule has 0 spiro atoms. The van der Waals surface area contributed by atoms with Gasteiger partial charge < -0.3 is 5.11 Å². The Hall–Kier alpha value is -1.80. The molecule has 2 aromatic carbocycles. The van der Waals surface area contributed by atoms with Gasteiger partial charge in [0.2, 0.25) is 0 Å². The third-order valence-electron chi connectivity index (χ3n) is 5.38. The van der Waals surface area contributed by atoms with E-state index in [4.69, 9.17) is 0 Å². The second-order valence-electron chi connectivity index (χ2n) is 6.73. The van der Waals surface area contributed by atoms with E-state index in [1.807, 2.05) is 12.1 Å². The number of hydrogen-bond donors (Lipinski definition) is 1. The molecule has 1 aliphatic carbocycles. The molecular formula is C20H23NO. The van der Waals surface area contributed by atoms with Crippen LogP contribution >= 0.6 is 0 Å². The van der Waals surface area contributed by atoms with E-state index in [2.05, 4.69) is 36.1 Å². The Morgan fingerprint density at radius 2 is 1.68 bits per heavy atom. The smallest absolute Gasteiger partial charge is 0.115 e. The summed E-state index contributed by atoms with van der Waals surface area (Å²) in [5.74, 6) is 0.388. The van der Waals surface area contributed by atoms with E-state index in [-0.39, 0.29) is 0 Å². The summed E-state index contributed by atoms with van der Waals surface area (Å²) in [5.41, 5.74) is 7.22. The lowest BCUT2D eigenvalue weighted by molar-refractivity contribution is 0.192. The number of nitrogens with zero attached hydrogens (tertiary/aromatic N) is 1. The predicted octanol–water partition coefficient (Wildman–Crippen LogP) is 4.00. The lowest BCUT2D eigenvalue weighted by Crippen LogP contribution is -2.32. The van der Waals surface area contributed by atoms with Gasteiger partial charge in [-0.3, -0.25) is 4.90 Å². The van der Waals surface area contributed by atoms with Gasteiger partial charge in [0.15, 0.2) is 0 Å². The van der Waals surface area contributed by atoms with Crippen LogP contribution in [0.2, 0.25) is 0 Å². The number of phenols is 1. The summed E-state index contributed by atoms with van der Waals surface area (Å²) in [6, 6.07) is 13.3. The van der Waals surface area contributed by atoms with Crippen molar-refractivity contribution in [1.29, 1.82) is 0 Å². The summed E-state index contributed by atoms with van der Waals surface area (Å²) in [6.45, 7) is 4.37. The topological polar surface area (TPSA) is 23.5 Å². The van der Waals surface area contributed by atoms with Crippen LogP contribution in [-0.2, 0) is 25.8 Å². The van der Waals surface area contributed by atoms with Crippen molar-refractivity contribution in [2.24, 2.45) is 0 Å². The molecular weight excluding hydrogens is 270 g/mol. The van der Waals surface area contributed by atoms with Crippen LogP contribution in [0.1, 0.15) is 47.2 Å². The highest BCUT2D eigenvalue weighted by atomic mass is 16.3. The maximum absolute atomic E-state index is 9.62. The molecule has 0 amide bonds. The average molecular weight is 293 g/mol. The summed E-state index contributed by atoms with van der Waals surface area (Å²) >= 11 is 0.